The summed E-state index contributed by atoms with van der Waals surface area (Å²) in [5, 5.41) is 0. The van der Waals surface area contributed by atoms with Gasteiger partial charge in [0.1, 0.15) is 0 Å². The third-order valence-electron chi connectivity index (χ3n) is 3.60. The van der Waals surface area contributed by atoms with E-state index >= 15 is 0 Å². The van der Waals surface area contributed by atoms with E-state index < -0.39 is 13.0 Å². The molecule has 1 amide bonds. The molecule has 0 aromatic carbocycles. The molecule has 1 aliphatic rings. The first-order chi connectivity index (χ1) is 8.02. The van der Waals surface area contributed by atoms with Gasteiger partial charge in [-0.05, 0) is 44.1 Å². The summed E-state index contributed by atoms with van der Waals surface area (Å²) in [6.45, 7) is 0.253. The van der Waals surface area contributed by atoms with E-state index in [2.05, 4.69) is 0 Å². The molecule has 17 heavy (non-hydrogen) atoms. The SMILES string of the molecule is CN(CC(F)F)C(=O)CC1CCC(CN)CC1. The first-order valence-electron chi connectivity index (χ1n) is 6.25. The molecule has 0 aromatic rings. The maximum atomic E-state index is 12.1. The third kappa shape index (κ3) is 4.98. The highest BCUT2D eigenvalue weighted by molar-refractivity contribution is 5.76. The number of hydrogen-bond acceptors (Lipinski definition) is 2. The van der Waals surface area contributed by atoms with E-state index in [1.165, 1.54) is 7.05 Å². The molecule has 0 aliphatic heterocycles. The van der Waals surface area contributed by atoms with Gasteiger partial charge in [0.15, 0.2) is 0 Å². The second-order valence-electron chi connectivity index (χ2n) is 4.99. The van der Waals surface area contributed by atoms with Gasteiger partial charge in [-0.2, -0.15) is 0 Å². The van der Waals surface area contributed by atoms with Crippen molar-refractivity contribution >= 4 is 5.91 Å². The number of nitrogens with two attached hydrogens (primary N) is 1. The standard InChI is InChI=1S/C12H22F2N2O/c1-16(8-11(13)14)12(17)6-9-2-4-10(7-15)5-3-9/h9-11H,2-8,15H2,1H3. The van der Waals surface area contributed by atoms with Crippen molar-refractivity contribution in [2.45, 2.75) is 38.5 Å². The minimum atomic E-state index is -2.45. The zero-order valence-corrected chi connectivity index (χ0v) is 10.4. The second-order valence-corrected chi connectivity index (χ2v) is 4.99. The van der Waals surface area contributed by atoms with E-state index in [0.29, 0.717) is 24.8 Å². The van der Waals surface area contributed by atoms with E-state index in [0.717, 1.165) is 30.6 Å². The number of alkyl halides is 2. The molecule has 0 radical (unpaired) electrons. The first kappa shape index (κ1) is 14.4. The Hall–Kier alpha value is -0.710. The molecule has 0 bridgehead atoms. The summed E-state index contributed by atoms with van der Waals surface area (Å²) in [6, 6.07) is 0. The molecule has 0 spiro atoms. The first-order valence-corrected chi connectivity index (χ1v) is 6.25. The topological polar surface area (TPSA) is 46.3 Å². The van der Waals surface area contributed by atoms with Gasteiger partial charge in [0.05, 0.1) is 6.54 Å². The number of nitrogens with zero attached hydrogens (tertiary/aromatic N) is 1. The van der Waals surface area contributed by atoms with Crippen LogP contribution in [0.4, 0.5) is 8.78 Å². The molecule has 100 valence electrons. The van der Waals surface area contributed by atoms with Gasteiger partial charge in [0.25, 0.3) is 6.43 Å². The van der Waals surface area contributed by atoms with Crippen LogP contribution in [0.3, 0.4) is 0 Å². The van der Waals surface area contributed by atoms with Gasteiger partial charge in [0, 0.05) is 13.5 Å². The van der Waals surface area contributed by atoms with Crippen LogP contribution in [-0.2, 0) is 4.79 Å². The van der Waals surface area contributed by atoms with Crippen molar-refractivity contribution in [3.63, 3.8) is 0 Å². The normalized spacial score (nSPS) is 25.0. The molecule has 0 atom stereocenters. The predicted octanol–water partition coefficient (Wildman–Crippen LogP) is 1.87. The van der Waals surface area contributed by atoms with Crippen molar-refractivity contribution in [1.82, 2.24) is 4.90 Å². The van der Waals surface area contributed by atoms with Gasteiger partial charge in [-0.3, -0.25) is 4.79 Å². The quantitative estimate of drug-likeness (QED) is 0.807. The van der Waals surface area contributed by atoms with Crippen LogP contribution >= 0.6 is 0 Å². The molecule has 3 nitrogen and oxygen atoms in total. The van der Waals surface area contributed by atoms with Crippen LogP contribution in [0.1, 0.15) is 32.1 Å². The van der Waals surface area contributed by atoms with E-state index in [4.69, 9.17) is 5.73 Å². The van der Waals surface area contributed by atoms with E-state index in [1.54, 1.807) is 0 Å². The number of hydrogen-bond donors (Lipinski definition) is 1. The Morgan fingerprint density at radius 1 is 1.29 bits per heavy atom. The molecule has 0 unspecified atom stereocenters. The number of rotatable bonds is 5. The van der Waals surface area contributed by atoms with Gasteiger partial charge in [-0.1, -0.05) is 0 Å². The van der Waals surface area contributed by atoms with Gasteiger partial charge < -0.3 is 10.6 Å². The van der Waals surface area contributed by atoms with Gasteiger partial charge in [-0.15, -0.1) is 0 Å². The number of halogens is 2. The zero-order valence-electron chi connectivity index (χ0n) is 10.4. The third-order valence-corrected chi connectivity index (χ3v) is 3.60. The molecule has 0 saturated heterocycles. The maximum absolute atomic E-state index is 12.1. The monoisotopic (exact) mass is 248 g/mol. The van der Waals surface area contributed by atoms with Gasteiger partial charge in [0.2, 0.25) is 5.91 Å². The minimum absolute atomic E-state index is 0.165. The Labute approximate surface area is 101 Å². The van der Waals surface area contributed by atoms with Crippen molar-refractivity contribution in [3.8, 4) is 0 Å². The summed E-state index contributed by atoms with van der Waals surface area (Å²) in [5.41, 5.74) is 5.59. The summed E-state index contributed by atoms with van der Waals surface area (Å²) in [4.78, 5) is 12.8. The van der Waals surface area contributed by atoms with Crippen LogP contribution in [0, 0.1) is 11.8 Å². The van der Waals surface area contributed by atoms with Gasteiger partial charge in [-0.25, -0.2) is 8.78 Å². The van der Waals surface area contributed by atoms with Crippen molar-refractivity contribution in [2.24, 2.45) is 17.6 Å². The highest BCUT2D eigenvalue weighted by atomic mass is 19.3. The van der Waals surface area contributed by atoms with Crippen molar-refractivity contribution in [2.75, 3.05) is 20.1 Å². The highest BCUT2D eigenvalue weighted by Crippen LogP contribution is 2.30. The van der Waals surface area contributed by atoms with Crippen LogP contribution in [0.15, 0.2) is 0 Å². The fraction of sp³-hybridized carbons (Fsp3) is 0.917. The molecule has 2 N–H and O–H groups in total. The van der Waals surface area contributed by atoms with Crippen LogP contribution in [0.5, 0.6) is 0 Å². The molecular formula is C12H22F2N2O. The summed E-state index contributed by atoms with van der Waals surface area (Å²) >= 11 is 0. The molecule has 1 saturated carbocycles. The average molecular weight is 248 g/mol. The zero-order chi connectivity index (χ0) is 12.8. The Kier molecular flexibility index (Phi) is 5.82. The fourth-order valence-electron chi connectivity index (χ4n) is 2.38. The Bertz CT molecular complexity index is 241. The van der Waals surface area contributed by atoms with Crippen LogP contribution in [-0.4, -0.2) is 37.4 Å². The van der Waals surface area contributed by atoms with Crippen molar-refractivity contribution < 1.29 is 13.6 Å². The smallest absolute Gasteiger partial charge is 0.255 e. The van der Waals surface area contributed by atoms with Crippen LogP contribution in [0.25, 0.3) is 0 Å². The lowest BCUT2D eigenvalue weighted by atomic mass is 9.80. The summed E-state index contributed by atoms with van der Waals surface area (Å²) in [6.07, 6.45) is 2.07. The van der Waals surface area contributed by atoms with E-state index in [9.17, 15) is 13.6 Å². The maximum Gasteiger partial charge on any atom is 0.255 e. The Morgan fingerprint density at radius 3 is 2.29 bits per heavy atom. The largest absolute Gasteiger partial charge is 0.340 e. The van der Waals surface area contributed by atoms with Crippen LogP contribution < -0.4 is 5.73 Å². The second kappa shape index (κ2) is 6.89. The van der Waals surface area contributed by atoms with Gasteiger partial charge >= 0.3 is 0 Å². The number of carbonyl (C=O) groups excluding carboxylic acids is 1. The van der Waals surface area contributed by atoms with E-state index in [-0.39, 0.29) is 5.91 Å². The minimum Gasteiger partial charge on any atom is -0.340 e. The van der Waals surface area contributed by atoms with Crippen molar-refractivity contribution in [3.05, 3.63) is 0 Å². The summed E-state index contributed by atoms with van der Waals surface area (Å²) in [5.74, 6) is 0.770. The summed E-state index contributed by atoms with van der Waals surface area (Å²) < 4.78 is 24.2. The molecule has 0 aromatic heterocycles. The fourth-order valence-corrected chi connectivity index (χ4v) is 2.38. The molecule has 0 heterocycles. The highest BCUT2D eigenvalue weighted by Gasteiger charge is 2.24. The predicted molar refractivity (Wildman–Crippen MR) is 62.8 cm³/mol. The summed E-state index contributed by atoms with van der Waals surface area (Å²) in [7, 11) is 1.44. The molecule has 1 fully saturated rings. The Morgan fingerprint density at radius 2 is 1.82 bits per heavy atom. The van der Waals surface area contributed by atoms with Crippen molar-refractivity contribution in [1.29, 1.82) is 0 Å². The van der Waals surface area contributed by atoms with E-state index in [1.807, 2.05) is 0 Å². The van der Waals surface area contributed by atoms with Crippen LogP contribution in [0.2, 0.25) is 0 Å². The molecular weight excluding hydrogens is 226 g/mol. The Balaban J connectivity index is 2.27. The molecule has 1 rings (SSSR count). The molecule has 5 heteroatoms. The lowest BCUT2D eigenvalue weighted by molar-refractivity contribution is -0.132. The number of carbonyl (C=O) groups is 1. The molecule has 1 aliphatic carbocycles. The lowest BCUT2D eigenvalue weighted by Crippen LogP contribution is -2.33. The average Bonchev–Trinajstić information content (AvgIpc) is 2.29. The lowest BCUT2D eigenvalue weighted by Gasteiger charge is -2.28. The number of amides is 1.